The highest BCUT2D eigenvalue weighted by Gasteiger charge is 2.08. The predicted molar refractivity (Wildman–Crippen MR) is 77.3 cm³/mol. The maximum absolute atomic E-state index is 11.8. The van der Waals surface area contributed by atoms with E-state index in [0.717, 1.165) is 4.88 Å². The lowest BCUT2D eigenvalue weighted by Crippen LogP contribution is -2.21. The van der Waals surface area contributed by atoms with E-state index in [9.17, 15) is 4.79 Å². The number of amides is 1. The first kappa shape index (κ1) is 11.4. The first-order valence-electron chi connectivity index (χ1n) is 5.61. The molecule has 0 atom stereocenters. The van der Waals surface area contributed by atoms with Gasteiger partial charge in [0.2, 0.25) is 0 Å². The molecule has 2 nitrogen and oxygen atoms in total. The van der Waals surface area contributed by atoms with Gasteiger partial charge in [0.05, 0.1) is 4.88 Å². The minimum Gasteiger partial charge on any atom is -0.347 e. The fraction of sp³-hybridized carbons (Fsp3) is 0.0714. The summed E-state index contributed by atoms with van der Waals surface area (Å²) in [4.78, 5) is 12.6. The predicted octanol–water partition coefficient (Wildman–Crippen LogP) is 3.89. The lowest BCUT2D eigenvalue weighted by Gasteiger charge is -2.02. The number of carbonyl (C=O) groups excluding carboxylic acids is 1. The van der Waals surface area contributed by atoms with Gasteiger partial charge in [-0.2, -0.15) is 0 Å². The molecule has 1 aromatic carbocycles. The Balaban J connectivity index is 1.76. The van der Waals surface area contributed by atoms with E-state index in [1.807, 2.05) is 29.6 Å². The van der Waals surface area contributed by atoms with Crippen LogP contribution in [0.5, 0.6) is 0 Å². The normalized spacial score (nSPS) is 10.7. The molecule has 0 unspecified atom stereocenters. The van der Waals surface area contributed by atoms with Crippen LogP contribution >= 0.6 is 22.7 Å². The van der Waals surface area contributed by atoms with Gasteiger partial charge in [0.25, 0.3) is 5.91 Å². The van der Waals surface area contributed by atoms with Gasteiger partial charge in [0, 0.05) is 11.2 Å². The van der Waals surface area contributed by atoms with Crippen molar-refractivity contribution >= 4 is 38.7 Å². The van der Waals surface area contributed by atoms with Gasteiger partial charge < -0.3 is 5.32 Å². The Labute approximate surface area is 113 Å². The molecule has 0 saturated carbocycles. The second kappa shape index (κ2) is 4.92. The number of nitrogens with one attached hydrogen (secondary N) is 1. The third kappa shape index (κ3) is 2.17. The zero-order chi connectivity index (χ0) is 12.4. The van der Waals surface area contributed by atoms with Crippen LogP contribution in [0.15, 0.2) is 47.2 Å². The highest BCUT2D eigenvalue weighted by Crippen LogP contribution is 2.25. The number of carbonyl (C=O) groups is 1. The lowest BCUT2D eigenvalue weighted by atomic mass is 10.2. The van der Waals surface area contributed by atoms with Crippen molar-refractivity contribution in [2.75, 3.05) is 0 Å². The van der Waals surface area contributed by atoms with Gasteiger partial charge >= 0.3 is 0 Å². The van der Waals surface area contributed by atoms with Gasteiger partial charge in [-0.25, -0.2) is 0 Å². The van der Waals surface area contributed by atoms with Gasteiger partial charge in [-0.15, -0.1) is 22.7 Å². The van der Waals surface area contributed by atoms with Gasteiger partial charge in [0.1, 0.15) is 0 Å². The van der Waals surface area contributed by atoms with Crippen molar-refractivity contribution in [3.05, 3.63) is 57.6 Å². The molecule has 0 radical (unpaired) electrons. The topological polar surface area (TPSA) is 29.1 Å². The maximum Gasteiger partial charge on any atom is 0.261 e. The molecule has 0 aliphatic carbocycles. The third-order valence-corrected chi connectivity index (χ3v) is 4.63. The van der Waals surface area contributed by atoms with Crippen LogP contribution in [0.3, 0.4) is 0 Å². The molecule has 0 fully saturated rings. The van der Waals surface area contributed by atoms with Crippen molar-refractivity contribution < 1.29 is 4.79 Å². The number of thiophene rings is 2. The molecule has 0 bridgehead atoms. The summed E-state index contributed by atoms with van der Waals surface area (Å²) in [6.45, 7) is 0.584. The minimum atomic E-state index is 0.000260. The Morgan fingerprint density at radius 3 is 2.83 bits per heavy atom. The van der Waals surface area contributed by atoms with Crippen molar-refractivity contribution in [3.8, 4) is 0 Å². The number of benzene rings is 1. The van der Waals surface area contributed by atoms with Crippen molar-refractivity contribution in [2.45, 2.75) is 6.54 Å². The quantitative estimate of drug-likeness (QED) is 0.770. The monoisotopic (exact) mass is 273 g/mol. The Hall–Kier alpha value is -1.65. The second-order valence-corrected chi connectivity index (χ2v) is 5.78. The Bertz CT molecular complexity index is 670. The molecule has 0 aliphatic rings. The molecule has 0 spiro atoms. The molecule has 1 N–H and O–H groups in total. The van der Waals surface area contributed by atoms with Crippen molar-refractivity contribution in [1.29, 1.82) is 0 Å². The van der Waals surface area contributed by atoms with Crippen LogP contribution in [0.25, 0.3) is 10.1 Å². The standard InChI is InChI=1S/C14H11NOS2/c16-14(13-6-3-7-17-13)15-8-10-9-18-12-5-2-1-4-11(10)12/h1-7,9H,8H2,(H,15,16). The summed E-state index contributed by atoms with van der Waals surface area (Å²) in [6.07, 6.45) is 0. The number of hydrogen-bond donors (Lipinski definition) is 1. The smallest absolute Gasteiger partial charge is 0.261 e. The Kier molecular flexibility index (Phi) is 3.13. The first-order valence-corrected chi connectivity index (χ1v) is 7.37. The van der Waals surface area contributed by atoms with Crippen molar-refractivity contribution in [1.82, 2.24) is 5.32 Å². The molecule has 0 saturated heterocycles. The van der Waals surface area contributed by atoms with E-state index in [-0.39, 0.29) is 5.91 Å². The minimum absolute atomic E-state index is 0.000260. The maximum atomic E-state index is 11.8. The van der Waals surface area contributed by atoms with E-state index >= 15 is 0 Å². The lowest BCUT2D eigenvalue weighted by molar-refractivity contribution is 0.0955. The van der Waals surface area contributed by atoms with Gasteiger partial charge in [-0.05, 0) is 33.8 Å². The second-order valence-electron chi connectivity index (χ2n) is 3.92. The average Bonchev–Trinajstić information content (AvgIpc) is 3.06. The molecule has 3 aromatic rings. The molecular formula is C14H11NOS2. The largest absolute Gasteiger partial charge is 0.347 e. The fourth-order valence-corrected chi connectivity index (χ4v) is 3.44. The molecule has 3 rings (SSSR count). The summed E-state index contributed by atoms with van der Waals surface area (Å²) < 4.78 is 1.26. The molecule has 0 aliphatic heterocycles. The van der Waals surface area contributed by atoms with Crippen molar-refractivity contribution in [2.24, 2.45) is 0 Å². The van der Waals surface area contributed by atoms with Crippen LogP contribution in [0.1, 0.15) is 15.2 Å². The molecule has 1 amide bonds. The zero-order valence-electron chi connectivity index (χ0n) is 9.55. The van der Waals surface area contributed by atoms with Crippen LogP contribution < -0.4 is 5.32 Å². The van der Waals surface area contributed by atoms with Gasteiger partial charge in [0.15, 0.2) is 0 Å². The Morgan fingerprint density at radius 2 is 2.00 bits per heavy atom. The fourth-order valence-electron chi connectivity index (χ4n) is 1.84. The van der Waals surface area contributed by atoms with E-state index in [1.165, 1.54) is 27.0 Å². The van der Waals surface area contributed by atoms with Crippen LogP contribution in [-0.2, 0) is 6.54 Å². The summed E-state index contributed by atoms with van der Waals surface area (Å²) in [6, 6.07) is 12.0. The number of rotatable bonds is 3. The zero-order valence-corrected chi connectivity index (χ0v) is 11.2. The molecule has 4 heteroatoms. The van der Waals surface area contributed by atoms with E-state index < -0.39 is 0 Å². The average molecular weight is 273 g/mol. The highest BCUT2D eigenvalue weighted by molar-refractivity contribution is 7.17. The molecule has 90 valence electrons. The van der Waals surface area contributed by atoms with Gasteiger partial charge in [-0.3, -0.25) is 4.79 Å². The van der Waals surface area contributed by atoms with Crippen LogP contribution in [0, 0.1) is 0 Å². The summed E-state index contributed by atoms with van der Waals surface area (Å²) in [5.41, 5.74) is 1.18. The van der Waals surface area contributed by atoms with E-state index in [4.69, 9.17) is 0 Å². The first-order chi connectivity index (χ1) is 8.84. The summed E-state index contributed by atoms with van der Waals surface area (Å²) in [5.74, 6) is 0.000260. The molecule has 2 heterocycles. The summed E-state index contributed by atoms with van der Waals surface area (Å²) in [5, 5.41) is 8.21. The van der Waals surface area contributed by atoms with Gasteiger partial charge in [-0.1, -0.05) is 24.3 Å². The summed E-state index contributed by atoms with van der Waals surface area (Å²) >= 11 is 3.18. The van der Waals surface area contributed by atoms with E-state index in [2.05, 4.69) is 22.8 Å². The SMILES string of the molecule is O=C(NCc1csc2ccccc12)c1cccs1. The van der Waals surface area contributed by atoms with E-state index in [0.29, 0.717) is 6.54 Å². The third-order valence-electron chi connectivity index (χ3n) is 2.75. The number of hydrogen-bond acceptors (Lipinski definition) is 3. The van der Waals surface area contributed by atoms with Crippen LogP contribution in [-0.4, -0.2) is 5.91 Å². The summed E-state index contributed by atoms with van der Waals surface area (Å²) in [7, 11) is 0. The van der Waals surface area contributed by atoms with Crippen LogP contribution in [0.4, 0.5) is 0 Å². The highest BCUT2D eigenvalue weighted by atomic mass is 32.1. The van der Waals surface area contributed by atoms with Crippen molar-refractivity contribution in [3.63, 3.8) is 0 Å². The molecule has 2 aromatic heterocycles. The number of fused-ring (bicyclic) bond motifs is 1. The Morgan fingerprint density at radius 1 is 1.11 bits per heavy atom. The molecular weight excluding hydrogens is 262 g/mol. The van der Waals surface area contributed by atoms with E-state index in [1.54, 1.807) is 11.3 Å². The molecule has 18 heavy (non-hydrogen) atoms. The van der Waals surface area contributed by atoms with Crippen LogP contribution in [0.2, 0.25) is 0 Å².